The molecule has 0 bridgehead atoms. The van der Waals surface area contributed by atoms with Crippen LogP contribution in [0, 0.1) is 11.3 Å². The first-order chi connectivity index (χ1) is 11.9. The average molecular weight is 373 g/mol. The van der Waals surface area contributed by atoms with Crippen molar-refractivity contribution in [3.05, 3.63) is 0 Å². The fourth-order valence-corrected chi connectivity index (χ4v) is 6.18. The van der Waals surface area contributed by atoms with Crippen LogP contribution in [0.5, 0.6) is 0 Å². The Morgan fingerprint density at radius 2 is 1.12 bits per heavy atom. The molecule has 0 N–H and O–H groups in total. The highest BCUT2D eigenvalue weighted by molar-refractivity contribution is 6.46. The van der Waals surface area contributed by atoms with E-state index in [2.05, 4.69) is 34.6 Å². The maximum absolute atomic E-state index is 5.77. The summed E-state index contributed by atoms with van der Waals surface area (Å²) < 4.78 is 11.5. The highest BCUT2D eigenvalue weighted by atomic mass is 28.3. The summed E-state index contributed by atoms with van der Waals surface area (Å²) in [6, 6.07) is 0. The van der Waals surface area contributed by atoms with Crippen LogP contribution in [0.4, 0.5) is 0 Å². The molecule has 1 unspecified atom stereocenters. The lowest BCUT2D eigenvalue weighted by Gasteiger charge is -2.40. The number of rotatable bonds is 17. The molecule has 0 aromatic rings. The van der Waals surface area contributed by atoms with Gasteiger partial charge in [0.1, 0.15) is 0 Å². The van der Waals surface area contributed by atoms with Crippen molar-refractivity contribution >= 4 is 9.28 Å². The lowest BCUT2D eigenvalue weighted by molar-refractivity contribution is 0.167. The predicted molar refractivity (Wildman–Crippen MR) is 115 cm³/mol. The molecule has 0 aromatic heterocycles. The van der Waals surface area contributed by atoms with E-state index in [-0.39, 0.29) is 0 Å². The van der Waals surface area contributed by atoms with Gasteiger partial charge in [-0.25, -0.2) is 0 Å². The van der Waals surface area contributed by atoms with Crippen LogP contribution >= 0.6 is 0 Å². The minimum absolute atomic E-state index is 0.293. The van der Waals surface area contributed by atoms with Gasteiger partial charge in [-0.1, -0.05) is 105 Å². The van der Waals surface area contributed by atoms with E-state index in [4.69, 9.17) is 8.85 Å². The Balaban J connectivity index is 3.96. The summed E-state index contributed by atoms with van der Waals surface area (Å²) in [6.07, 6.45) is 16.7. The Labute approximate surface area is 161 Å². The van der Waals surface area contributed by atoms with Crippen LogP contribution in [0.15, 0.2) is 0 Å². The second-order valence-corrected chi connectivity index (χ2v) is 11.2. The molecular formula is C22H48O2Si. The summed E-state index contributed by atoms with van der Waals surface area (Å²) in [7, 11) is 2.10. The number of hydrogen-bond acceptors (Lipinski definition) is 2. The van der Waals surface area contributed by atoms with Crippen LogP contribution in [0.25, 0.3) is 0 Å². The summed E-state index contributed by atoms with van der Waals surface area (Å²) in [4.78, 5) is 0. The zero-order valence-electron chi connectivity index (χ0n) is 18.5. The Morgan fingerprint density at radius 3 is 1.48 bits per heavy atom. The molecule has 0 saturated heterocycles. The second kappa shape index (κ2) is 15.2. The molecule has 0 rings (SSSR count). The van der Waals surface area contributed by atoms with Gasteiger partial charge in [-0.15, -0.1) is 0 Å². The van der Waals surface area contributed by atoms with Crippen LogP contribution in [-0.4, -0.2) is 23.5 Å². The van der Waals surface area contributed by atoms with Crippen molar-refractivity contribution in [3.8, 4) is 0 Å². The molecule has 25 heavy (non-hydrogen) atoms. The van der Waals surface area contributed by atoms with E-state index < -0.39 is 9.28 Å². The van der Waals surface area contributed by atoms with Crippen molar-refractivity contribution in [2.45, 2.75) is 117 Å². The van der Waals surface area contributed by atoms with E-state index in [1.54, 1.807) is 0 Å². The SMILES string of the molecule is CCCCCCCCCCCCCC([SiH](OC)OC)C(C)(C)C(C)C. The third-order valence-electron chi connectivity index (χ3n) is 6.36. The van der Waals surface area contributed by atoms with Gasteiger partial charge in [0, 0.05) is 19.8 Å². The first-order valence-corrected chi connectivity index (χ1v) is 12.6. The highest BCUT2D eigenvalue weighted by Gasteiger charge is 2.39. The molecule has 0 fully saturated rings. The van der Waals surface area contributed by atoms with Crippen molar-refractivity contribution in [1.82, 2.24) is 0 Å². The molecule has 0 heterocycles. The van der Waals surface area contributed by atoms with Crippen LogP contribution in [0.2, 0.25) is 5.54 Å². The summed E-state index contributed by atoms with van der Waals surface area (Å²) in [6.45, 7) is 11.8. The van der Waals surface area contributed by atoms with Crippen molar-refractivity contribution in [1.29, 1.82) is 0 Å². The van der Waals surface area contributed by atoms with Gasteiger partial charge < -0.3 is 8.85 Å². The van der Waals surface area contributed by atoms with Crippen molar-refractivity contribution in [2.75, 3.05) is 14.2 Å². The molecule has 0 aromatic carbocycles. The van der Waals surface area contributed by atoms with E-state index in [0.717, 1.165) is 0 Å². The van der Waals surface area contributed by atoms with E-state index >= 15 is 0 Å². The van der Waals surface area contributed by atoms with Gasteiger partial charge in [0.25, 0.3) is 0 Å². The molecule has 0 aliphatic rings. The summed E-state index contributed by atoms with van der Waals surface area (Å²) >= 11 is 0. The third kappa shape index (κ3) is 10.8. The minimum atomic E-state index is -1.57. The normalized spacial score (nSPS) is 13.8. The van der Waals surface area contributed by atoms with Crippen molar-refractivity contribution in [2.24, 2.45) is 11.3 Å². The predicted octanol–water partition coefficient (Wildman–Crippen LogP) is 7.25. The van der Waals surface area contributed by atoms with Crippen LogP contribution < -0.4 is 0 Å². The van der Waals surface area contributed by atoms with Gasteiger partial charge in [-0.2, -0.15) is 0 Å². The van der Waals surface area contributed by atoms with Crippen molar-refractivity contribution in [3.63, 3.8) is 0 Å². The molecule has 2 nitrogen and oxygen atoms in total. The Morgan fingerprint density at radius 1 is 0.720 bits per heavy atom. The Bertz CT molecular complexity index is 288. The van der Waals surface area contributed by atoms with Gasteiger partial charge in [-0.05, 0) is 17.8 Å². The molecule has 0 radical (unpaired) electrons. The van der Waals surface area contributed by atoms with E-state index in [0.29, 0.717) is 16.9 Å². The average Bonchev–Trinajstić information content (AvgIpc) is 2.58. The van der Waals surface area contributed by atoms with Gasteiger partial charge in [-0.3, -0.25) is 0 Å². The van der Waals surface area contributed by atoms with Gasteiger partial charge >= 0.3 is 9.28 Å². The lowest BCUT2D eigenvalue weighted by atomic mass is 9.76. The van der Waals surface area contributed by atoms with Crippen molar-refractivity contribution < 1.29 is 8.85 Å². The topological polar surface area (TPSA) is 18.5 Å². The molecule has 0 amide bonds. The van der Waals surface area contributed by atoms with Crippen LogP contribution in [0.1, 0.15) is 112 Å². The largest absolute Gasteiger partial charge is 0.400 e. The Hall–Kier alpha value is 0.137. The minimum Gasteiger partial charge on any atom is -0.400 e. The quantitative estimate of drug-likeness (QED) is 0.198. The summed E-state index contributed by atoms with van der Waals surface area (Å²) in [5.74, 6) is 0.658. The molecule has 0 aliphatic heterocycles. The fourth-order valence-electron chi connectivity index (χ4n) is 3.74. The number of hydrogen-bond donors (Lipinski definition) is 0. The lowest BCUT2D eigenvalue weighted by Crippen LogP contribution is -2.38. The Kier molecular flexibility index (Phi) is 15.3. The highest BCUT2D eigenvalue weighted by Crippen LogP contribution is 2.44. The van der Waals surface area contributed by atoms with Gasteiger partial charge in [0.05, 0.1) is 0 Å². The zero-order chi connectivity index (χ0) is 19.1. The van der Waals surface area contributed by atoms with Crippen LogP contribution in [0.3, 0.4) is 0 Å². The molecular weight excluding hydrogens is 324 g/mol. The monoisotopic (exact) mass is 372 g/mol. The van der Waals surface area contributed by atoms with Gasteiger partial charge in [0.2, 0.25) is 0 Å². The summed E-state index contributed by atoms with van der Waals surface area (Å²) in [5, 5.41) is 0. The summed E-state index contributed by atoms with van der Waals surface area (Å²) in [5.41, 5.74) is 0.891. The smallest absolute Gasteiger partial charge is 0.324 e. The second-order valence-electron chi connectivity index (χ2n) is 8.75. The molecule has 0 spiro atoms. The van der Waals surface area contributed by atoms with E-state index in [1.807, 2.05) is 14.2 Å². The first kappa shape index (κ1) is 25.1. The standard InChI is InChI=1S/C22H48O2Si/c1-8-9-10-11-12-13-14-15-16-17-18-19-21(25(23-6)24-7)22(4,5)20(2)3/h20-21,25H,8-19H2,1-7H3. The van der Waals surface area contributed by atoms with E-state index in [1.165, 1.54) is 77.0 Å². The number of unbranched alkanes of at least 4 members (excludes halogenated alkanes) is 10. The molecule has 1 atom stereocenters. The first-order valence-electron chi connectivity index (χ1n) is 11.0. The van der Waals surface area contributed by atoms with Crippen LogP contribution in [-0.2, 0) is 8.85 Å². The fraction of sp³-hybridized carbons (Fsp3) is 1.00. The maximum Gasteiger partial charge on any atom is 0.324 e. The molecule has 0 saturated carbocycles. The van der Waals surface area contributed by atoms with Gasteiger partial charge in [0.15, 0.2) is 0 Å². The third-order valence-corrected chi connectivity index (χ3v) is 9.13. The molecule has 152 valence electrons. The zero-order valence-corrected chi connectivity index (χ0v) is 19.7. The molecule has 0 aliphatic carbocycles. The van der Waals surface area contributed by atoms with E-state index in [9.17, 15) is 0 Å². The molecule has 3 heteroatoms. The maximum atomic E-state index is 5.77.